The largest absolute Gasteiger partial charge is 0.107 e. The van der Waals surface area contributed by atoms with Gasteiger partial charge in [-0.05, 0) is 32.8 Å². The van der Waals surface area contributed by atoms with Crippen LogP contribution in [0.25, 0.3) is 0 Å². The van der Waals surface area contributed by atoms with Crippen LogP contribution in [0.15, 0.2) is 24.3 Å². The maximum absolute atomic E-state index is 2.68. The fourth-order valence-corrected chi connectivity index (χ4v) is 0.824. The van der Waals surface area contributed by atoms with Gasteiger partial charge in [0.05, 0.1) is 0 Å². The number of benzene rings is 1. The molecule has 1 aromatic carbocycles. The Morgan fingerprint density at radius 2 is 1.46 bits per heavy atom. The monoisotopic (exact) mass is 174 g/mol. The summed E-state index contributed by atoms with van der Waals surface area (Å²) in [7, 11) is 0. The fourth-order valence-electron chi connectivity index (χ4n) is 0.824. The highest BCUT2D eigenvalue weighted by Crippen LogP contribution is 2.02. The Morgan fingerprint density at radius 3 is 1.77 bits per heavy atom. The Morgan fingerprint density at radius 1 is 1.00 bits per heavy atom. The van der Waals surface area contributed by atoms with Crippen molar-refractivity contribution >= 4 is 0 Å². The van der Waals surface area contributed by atoms with Crippen LogP contribution >= 0.6 is 0 Å². The molecule has 0 amide bonds. The van der Waals surface area contributed by atoms with Crippen molar-refractivity contribution < 1.29 is 0 Å². The van der Waals surface area contributed by atoms with E-state index >= 15 is 0 Å². The second-order valence-corrected chi connectivity index (χ2v) is 2.84. The molecule has 1 aromatic rings. The molecule has 70 valence electrons. The Bertz CT molecular complexity index is 263. The molecular formula is C13H18. The van der Waals surface area contributed by atoms with E-state index in [1.807, 2.05) is 13.8 Å². The molecule has 0 aliphatic carbocycles. The molecule has 0 heterocycles. The minimum Gasteiger partial charge on any atom is -0.107 e. The predicted molar refractivity (Wildman–Crippen MR) is 59.7 cm³/mol. The molecule has 1 rings (SSSR count). The van der Waals surface area contributed by atoms with Crippen molar-refractivity contribution in [1.29, 1.82) is 0 Å². The third kappa shape index (κ3) is 5.99. The standard InChI is InChI=1S/C9H12.C4H6/c1-3-9-6-4-8(2)5-7-9;1-3-4-2/h4-7H,3H2,1-2H3;1-2H3. The summed E-state index contributed by atoms with van der Waals surface area (Å²) in [6, 6.07) is 8.66. The maximum atomic E-state index is 2.68. The van der Waals surface area contributed by atoms with Crippen molar-refractivity contribution in [3.8, 4) is 11.8 Å². The summed E-state index contributed by atoms with van der Waals surface area (Å²) >= 11 is 0. The maximum Gasteiger partial charge on any atom is -0.00271 e. The van der Waals surface area contributed by atoms with Gasteiger partial charge in [-0.3, -0.25) is 0 Å². The molecule has 0 aliphatic heterocycles. The summed E-state index contributed by atoms with van der Waals surface area (Å²) in [6.07, 6.45) is 1.14. The molecule has 0 saturated carbocycles. The van der Waals surface area contributed by atoms with Crippen LogP contribution in [0.4, 0.5) is 0 Å². The number of aryl methyl sites for hydroxylation is 2. The number of hydrogen-bond acceptors (Lipinski definition) is 0. The lowest BCUT2D eigenvalue weighted by Gasteiger charge is -1.94. The Hall–Kier alpha value is -1.22. The predicted octanol–water partition coefficient (Wildman–Crippen LogP) is 3.59. The molecule has 0 aromatic heterocycles. The van der Waals surface area contributed by atoms with E-state index in [2.05, 4.69) is 50.0 Å². The lowest BCUT2D eigenvalue weighted by Crippen LogP contribution is -1.77. The van der Waals surface area contributed by atoms with Crippen LogP contribution in [-0.4, -0.2) is 0 Å². The van der Waals surface area contributed by atoms with E-state index in [-0.39, 0.29) is 0 Å². The molecule has 0 N–H and O–H groups in total. The van der Waals surface area contributed by atoms with Crippen LogP contribution < -0.4 is 0 Å². The highest BCUT2D eigenvalue weighted by Gasteiger charge is 1.84. The van der Waals surface area contributed by atoms with Crippen LogP contribution in [0.5, 0.6) is 0 Å². The summed E-state index contributed by atoms with van der Waals surface area (Å²) in [5.41, 5.74) is 2.76. The van der Waals surface area contributed by atoms with Crippen LogP contribution in [0.1, 0.15) is 31.9 Å². The first-order valence-electron chi connectivity index (χ1n) is 4.63. The number of rotatable bonds is 1. The molecule has 0 bridgehead atoms. The summed E-state index contributed by atoms with van der Waals surface area (Å²) in [5.74, 6) is 5.36. The van der Waals surface area contributed by atoms with E-state index in [1.54, 1.807) is 0 Å². The van der Waals surface area contributed by atoms with E-state index in [0.29, 0.717) is 0 Å². The lowest BCUT2D eigenvalue weighted by molar-refractivity contribution is 1.14. The van der Waals surface area contributed by atoms with E-state index in [9.17, 15) is 0 Å². The topological polar surface area (TPSA) is 0 Å². The summed E-state index contributed by atoms with van der Waals surface area (Å²) in [6.45, 7) is 7.92. The molecule has 0 nitrogen and oxygen atoms in total. The summed E-state index contributed by atoms with van der Waals surface area (Å²) < 4.78 is 0. The highest BCUT2D eigenvalue weighted by molar-refractivity contribution is 5.20. The molecule has 0 spiro atoms. The van der Waals surface area contributed by atoms with Gasteiger partial charge in [-0.1, -0.05) is 36.8 Å². The first-order valence-corrected chi connectivity index (χ1v) is 4.63. The number of hydrogen-bond donors (Lipinski definition) is 0. The van der Waals surface area contributed by atoms with Gasteiger partial charge in [-0.2, -0.15) is 0 Å². The molecule has 0 radical (unpaired) electrons. The highest BCUT2D eigenvalue weighted by atomic mass is 13.9. The molecule has 0 aliphatic rings. The van der Waals surface area contributed by atoms with Gasteiger partial charge in [0, 0.05) is 0 Å². The van der Waals surface area contributed by atoms with Gasteiger partial charge in [-0.15, -0.1) is 11.8 Å². The van der Waals surface area contributed by atoms with Gasteiger partial charge in [0.25, 0.3) is 0 Å². The van der Waals surface area contributed by atoms with E-state index < -0.39 is 0 Å². The average Bonchev–Trinajstić information content (AvgIpc) is 2.19. The van der Waals surface area contributed by atoms with Crippen molar-refractivity contribution in [3.63, 3.8) is 0 Å². The van der Waals surface area contributed by atoms with Crippen LogP contribution in [0, 0.1) is 18.8 Å². The zero-order chi connectivity index (χ0) is 10.1. The Balaban J connectivity index is 0.000000310. The van der Waals surface area contributed by atoms with E-state index in [1.165, 1.54) is 11.1 Å². The second-order valence-electron chi connectivity index (χ2n) is 2.84. The lowest BCUT2D eigenvalue weighted by atomic mass is 10.1. The molecule has 0 heteroatoms. The van der Waals surface area contributed by atoms with Crippen LogP contribution in [0.3, 0.4) is 0 Å². The molecule has 0 fully saturated rings. The van der Waals surface area contributed by atoms with Crippen LogP contribution in [0.2, 0.25) is 0 Å². The van der Waals surface area contributed by atoms with Crippen molar-refractivity contribution in [2.45, 2.75) is 34.1 Å². The van der Waals surface area contributed by atoms with Crippen molar-refractivity contribution in [2.75, 3.05) is 0 Å². The molecule has 0 saturated heterocycles. The first kappa shape index (κ1) is 11.8. The van der Waals surface area contributed by atoms with Gasteiger partial charge in [0.2, 0.25) is 0 Å². The third-order valence-electron chi connectivity index (χ3n) is 1.78. The Labute approximate surface area is 82.0 Å². The second kappa shape index (κ2) is 7.43. The van der Waals surface area contributed by atoms with Crippen molar-refractivity contribution in [3.05, 3.63) is 35.4 Å². The van der Waals surface area contributed by atoms with E-state index in [4.69, 9.17) is 0 Å². The molecular weight excluding hydrogens is 156 g/mol. The SMILES string of the molecule is CC#CC.CCc1ccc(C)cc1. The smallest absolute Gasteiger partial charge is 0.00271 e. The summed E-state index contributed by atoms with van der Waals surface area (Å²) in [4.78, 5) is 0. The van der Waals surface area contributed by atoms with Gasteiger partial charge in [0.1, 0.15) is 0 Å². The quantitative estimate of drug-likeness (QED) is 0.571. The normalized spacial score (nSPS) is 7.69. The van der Waals surface area contributed by atoms with Crippen LogP contribution in [-0.2, 0) is 6.42 Å². The molecule has 13 heavy (non-hydrogen) atoms. The van der Waals surface area contributed by atoms with Gasteiger partial charge >= 0.3 is 0 Å². The molecule has 0 atom stereocenters. The summed E-state index contributed by atoms with van der Waals surface area (Å²) in [5, 5.41) is 0. The van der Waals surface area contributed by atoms with Gasteiger partial charge < -0.3 is 0 Å². The minimum absolute atomic E-state index is 1.14. The fraction of sp³-hybridized carbons (Fsp3) is 0.385. The first-order chi connectivity index (χ1) is 6.24. The van der Waals surface area contributed by atoms with Crippen molar-refractivity contribution in [1.82, 2.24) is 0 Å². The van der Waals surface area contributed by atoms with Gasteiger partial charge in [-0.25, -0.2) is 0 Å². The minimum atomic E-state index is 1.14. The Kier molecular flexibility index (Phi) is 6.73. The average molecular weight is 174 g/mol. The zero-order valence-electron chi connectivity index (χ0n) is 9.02. The zero-order valence-corrected chi connectivity index (χ0v) is 9.02. The third-order valence-corrected chi connectivity index (χ3v) is 1.78. The van der Waals surface area contributed by atoms with Crippen molar-refractivity contribution in [2.24, 2.45) is 0 Å². The van der Waals surface area contributed by atoms with E-state index in [0.717, 1.165) is 6.42 Å². The van der Waals surface area contributed by atoms with Gasteiger partial charge in [0.15, 0.2) is 0 Å². The molecule has 0 unspecified atom stereocenters.